The van der Waals surface area contributed by atoms with E-state index in [9.17, 15) is 10.1 Å². The molecule has 1 amide bonds. The molecule has 2 atom stereocenters. The number of amides is 1. The molecule has 6 rings (SSSR count). The van der Waals surface area contributed by atoms with Crippen molar-refractivity contribution in [1.29, 1.82) is 5.26 Å². The molecule has 3 aliphatic heterocycles. The van der Waals surface area contributed by atoms with Gasteiger partial charge < -0.3 is 19.4 Å². The first-order valence-corrected chi connectivity index (χ1v) is 14.4. The zero-order valence-electron chi connectivity index (χ0n) is 23.8. The number of anilines is 1. The van der Waals surface area contributed by atoms with Gasteiger partial charge in [0.2, 0.25) is 5.91 Å². The number of benzene rings is 1. The molecule has 0 bridgehead atoms. The Labute approximate surface area is 240 Å². The van der Waals surface area contributed by atoms with E-state index in [0.717, 1.165) is 47.5 Å². The van der Waals surface area contributed by atoms with E-state index in [1.165, 1.54) is 23.6 Å². The number of fused-ring (bicyclic) bond motifs is 2. The number of rotatable bonds is 8. The molecule has 0 unspecified atom stereocenters. The number of piperazine rings is 1. The molecule has 0 saturated carbocycles. The number of hydrogen-bond acceptors (Lipinski definition) is 9. The van der Waals surface area contributed by atoms with Crippen molar-refractivity contribution in [3.05, 3.63) is 53.4 Å². The van der Waals surface area contributed by atoms with Crippen LogP contribution in [0, 0.1) is 18.3 Å². The normalized spacial score (nSPS) is 21.3. The van der Waals surface area contributed by atoms with Crippen LogP contribution in [0.1, 0.15) is 41.6 Å². The highest BCUT2D eigenvalue weighted by atomic mass is 16.5. The standard InChI is InChI=1S/C30H37N9O2/c1-4-28(40)39-13-12-38(15-21(39)9-10-31)29-25-17-37(16-24-20(2)7-8-26-23(24)14-32-35-26)18-27(25)33-30(34-29)41-19-22-6-5-11-36(22)3/h4,7-8,14,21-22H,1,5-6,9,11-13,15-19H2,2-3H3,(H,32,35)/t21-,22-/m0/s1. The highest BCUT2D eigenvalue weighted by Crippen LogP contribution is 2.34. The number of nitrogens with zero attached hydrogens (tertiary/aromatic N) is 8. The van der Waals surface area contributed by atoms with Crippen LogP contribution < -0.4 is 9.64 Å². The molecule has 3 aromatic rings. The summed E-state index contributed by atoms with van der Waals surface area (Å²) in [6.07, 6.45) is 5.76. The molecule has 2 fully saturated rings. The van der Waals surface area contributed by atoms with Crippen molar-refractivity contribution < 1.29 is 9.53 Å². The maximum Gasteiger partial charge on any atom is 0.318 e. The van der Waals surface area contributed by atoms with Crippen LogP contribution in [0.15, 0.2) is 31.0 Å². The fraction of sp³-hybridized carbons (Fsp3) is 0.500. The van der Waals surface area contributed by atoms with Gasteiger partial charge in [0.15, 0.2) is 0 Å². The quantitative estimate of drug-likeness (QED) is 0.419. The van der Waals surface area contributed by atoms with Gasteiger partial charge in [-0.25, -0.2) is 0 Å². The molecular weight excluding hydrogens is 518 g/mol. The topological polar surface area (TPSA) is 118 Å². The zero-order chi connectivity index (χ0) is 28.5. The van der Waals surface area contributed by atoms with Crippen LogP contribution >= 0.6 is 0 Å². The van der Waals surface area contributed by atoms with Gasteiger partial charge >= 0.3 is 6.01 Å². The van der Waals surface area contributed by atoms with Crippen LogP contribution in [-0.4, -0.2) is 92.7 Å². The van der Waals surface area contributed by atoms with E-state index in [4.69, 9.17) is 14.7 Å². The van der Waals surface area contributed by atoms with Crippen molar-refractivity contribution in [2.24, 2.45) is 0 Å². The summed E-state index contributed by atoms with van der Waals surface area (Å²) in [5, 5.41) is 18.0. The number of aromatic nitrogens is 4. The number of carbonyl (C=O) groups excluding carboxylic acids is 1. The van der Waals surface area contributed by atoms with Crippen molar-refractivity contribution in [2.75, 3.05) is 44.7 Å². The minimum Gasteiger partial charge on any atom is -0.462 e. The Morgan fingerprint density at radius 1 is 1.24 bits per heavy atom. The SMILES string of the molecule is C=CC(=O)N1CCN(c2nc(OC[C@@H]3CCCN3C)nc3c2CN(Cc2c(C)ccc4[nH]ncc24)C3)C[C@@H]1CC#N. The molecular formula is C30H37N9O2. The average molecular weight is 556 g/mol. The predicted octanol–water partition coefficient (Wildman–Crippen LogP) is 2.77. The number of aromatic amines is 1. The van der Waals surface area contributed by atoms with E-state index in [2.05, 4.69) is 63.6 Å². The van der Waals surface area contributed by atoms with Crippen molar-refractivity contribution in [3.8, 4) is 12.1 Å². The minimum absolute atomic E-state index is 0.141. The second-order valence-electron chi connectivity index (χ2n) is 11.4. The molecule has 5 heterocycles. The number of ether oxygens (including phenoxy) is 1. The molecule has 2 aromatic heterocycles. The van der Waals surface area contributed by atoms with Gasteiger partial charge in [0.05, 0.1) is 35.9 Å². The lowest BCUT2D eigenvalue weighted by molar-refractivity contribution is -0.128. The Morgan fingerprint density at radius 2 is 2.12 bits per heavy atom. The molecule has 11 nitrogen and oxygen atoms in total. The summed E-state index contributed by atoms with van der Waals surface area (Å²) >= 11 is 0. The third-order valence-corrected chi connectivity index (χ3v) is 8.80. The third kappa shape index (κ3) is 5.37. The number of nitrogens with one attached hydrogen (secondary N) is 1. The lowest BCUT2D eigenvalue weighted by atomic mass is 10.0. The summed E-state index contributed by atoms with van der Waals surface area (Å²) in [7, 11) is 2.13. The van der Waals surface area contributed by atoms with Gasteiger partial charge in [0.25, 0.3) is 0 Å². The van der Waals surface area contributed by atoms with Crippen molar-refractivity contribution in [3.63, 3.8) is 0 Å². The van der Waals surface area contributed by atoms with Crippen LogP contribution in [0.4, 0.5) is 5.82 Å². The predicted molar refractivity (Wildman–Crippen MR) is 155 cm³/mol. The lowest BCUT2D eigenvalue weighted by Crippen LogP contribution is -2.55. The Morgan fingerprint density at radius 3 is 2.90 bits per heavy atom. The van der Waals surface area contributed by atoms with Gasteiger partial charge in [0, 0.05) is 56.3 Å². The smallest absolute Gasteiger partial charge is 0.318 e. The van der Waals surface area contributed by atoms with Gasteiger partial charge in [-0.1, -0.05) is 12.6 Å². The number of nitriles is 1. The molecule has 0 radical (unpaired) electrons. The molecule has 1 N–H and O–H groups in total. The number of aryl methyl sites for hydroxylation is 1. The summed E-state index contributed by atoms with van der Waals surface area (Å²) in [5.41, 5.74) is 5.58. The maximum atomic E-state index is 12.5. The zero-order valence-corrected chi connectivity index (χ0v) is 23.8. The van der Waals surface area contributed by atoms with E-state index in [1.54, 1.807) is 4.90 Å². The molecule has 11 heteroatoms. The summed E-state index contributed by atoms with van der Waals surface area (Å²) < 4.78 is 6.24. The largest absolute Gasteiger partial charge is 0.462 e. The fourth-order valence-corrected chi connectivity index (χ4v) is 6.43. The van der Waals surface area contributed by atoms with Gasteiger partial charge in [-0.3, -0.25) is 14.8 Å². The second kappa shape index (κ2) is 11.5. The summed E-state index contributed by atoms with van der Waals surface area (Å²) in [4.78, 5) is 31.1. The molecule has 0 spiro atoms. The van der Waals surface area contributed by atoms with E-state index in [-0.39, 0.29) is 18.4 Å². The van der Waals surface area contributed by atoms with E-state index >= 15 is 0 Å². The summed E-state index contributed by atoms with van der Waals surface area (Å²) in [5.74, 6) is 0.705. The molecule has 2 saturated heterocycles. The monoisotopic (exact) mass is 555 g/mol. The van der Waals surface area contributed by atoms with Crippen molar-refractivity contribution in [1.82, 2.24) is 34.9 Å². The van der Waals surface area contributed by atoms with Gasteiger partial charge in [-0.15, -0.1) is 0 Å². The Balaban J connectivity index is 1.29. The molecule has 214 valence electrons. The van der Waals surface area contributed by atoms with Crippen molar-refractivity contribution in [2.45, 2.75) is 57.9 Å². The first-order chi connectivity index (χ1) is 19.9. The van der Waals surface area contributed by atoms with Crippen LogP contribution in [0.2, 0.25) is 0 Å². The number of hydrogen-bond donors (Lipinski definition) is 1. The van der Waals surface area contributed by atoms with Gasteiger partial charge in [0.1, 0.15) is 12.4 Å². The van der Waals surface area contributed by atoms with E-state index in [0.29, 0.717) is 51.4 Å². The summed E-state index contributed by atoms with van der Waals surface area (Å²) in [6, 6.07) is 6.99. The summed E-state index contributed by atoms with van der Waals surface area (Å²) in [6.45, 7) is 11.2. The Kier molecular flexibility index (Phi) is 7.60. The Hall–Kier alpha value is -4.01. The number of carbonyl (C=O) groups is 1. The van der Waals surface area contributed by atoms with Crippen LogP contribution in [0.25, 0.3) is 10.9 Å². The van der Waals surface area contributed by atoms with Crippen LogP contribution in [0.3, 0.4) is 0 Å². The maximum absolute atomic E-state index is 12.5. The second-order valence-corrected chi connectivity index (χ2v) is 11.4. The average Bonchev–Trinajstić information content (AvgIpc) is 3.72. The molecule has 41 heavy (non-hydrogen) atoms. The van der Waals surface area contributed by atoms with Crippen LogP contribution in [-0.2, 0) is 24.4 Å². The van der Waals surface area contributed by atoms with E-state index in [1.807, 2.05) is 6.20 Å². The number of likely N-dealkylation sites (N-methyl/N-ethyl adjacent to an activating group) is 1. The lowest BCUT2D eigenvalue weighted by Gasteiger charge is -2.41. The molecule has 0 aliphatic carbocycles. The first-order valence-electron chi connectivity index (χ1n) is 14.4. The molecule has 3 aliphatic rings. The fourth-order valence-electron chi connectivity index (χ4n) is 6.43. The van der Waals surface area contributed by atoms with Gasteiger partial charge in [-0.2, -0.15) is 20.3 Å². The first kappa shape index (κ1) is 27.2. The third-order valence-electron chi connectivity index (χ3n) is 8.80. The van der Waals surface area contributed by atoms with Crippen LogP contribution in [0.5, 0.6) is 6.01 Å². The Bertz CT molecular complexity index is 1500. The molecule has 1 aromatic carbocycles. The van der Waals surface area contributed by atoms with Crippen molar-refractivity contribution >= 4 is 22.6 Å². The van der Waals surface area contributed by atoms with Gasteiger partial charge in [-0.05, 0) is 56.6 Å². The number of H-pyrrole nitrogens is 1. The highest BCUT2D eigenvalue weighted by molar-refractivity contribution is 5.87. The highest BCUT2D eigenvalue weighted by Gasteiger charge is 2.34. The van der Waals surface area contributed by atoms with E-state index < -0.39 is 0 Å². The number of likely N-dealkylation sites (tertiary alicyclic amines) is 1. The minimum atomic E-state index is -0.236.